The highest BCUT2D eigenvalue weighted by molar-refractivity contribution is 5.31. The molecule has 0 radical (unpaired) electrons. The molecule has 1 atom stereocenters. The number of nitrogens with zero attached hydrogens (tertiary/aromatic N) is 1. The molecule has 0 spiro atoms. The second-order valence-electron chi connectivity index (χ2n) is 5.43. The van der Waals surface area contributed by atoms with E-state index in [1.165, 1.54) is 22.3 Å². The second kappa shape index (κ2) is 7.20. The molecule has 1 aromatic carbocycles. The van der Waals surface area contributed by atoms with Crippen LogP contribution in [-0.2, 0) is 6.42 Å². The van der Waals surface area contributed by atoms with E-state index in [1.54, 1.807) is 0 Å². The van der Waals surface area contributed by atoms with Gasteiger partial charge in [-0.05, 0) is 56.5 Å². The number of aryl methyl sites for hydroxylation is 3. The lowest BCUT2D eigenvalue weighted by atomic mass is 9.96. The highest BCUT2D eigenvalue weighted by Gasteiger charge is 2.11. The first-order valence-corrected chi connectivity index (χ1v) is 7.39. The molecule has 0 saturated heterocycles. The average molecular weight is 268 g/mol. The Balaban J connectivity index is 2.10. The maximum absolute atomic E-state index is 4.07. The maximum Gasteiger partial charge on any atom is 0.0323 e. The first-order chi connectivity index (χ1) is 9.69. The Morgan fingerprint density at radius 2 is 1.70 bits per heavy atom. The second-order valence-corrected chi connectivity index (χ2v) is 5.43. The molecule has 2 rings (SSSR count). The van der Waals surface area contributed by atoms with E-state index in [4.69, 9.17) is 0 Å². The zero-order valence-corrected chi connectivity index (χ0v) is 12.7. The molecule has 0 fully saturated rings. The number of aromatic nitrogens is 1. The van der Waals surface area contributed by atoms with Crippen molar-refractivity contribution in [3.8, 4) is 0 Å². The largest absolute Gasteiger partial charge is 0.310 e. The van der Waals surface area contributed by atoms with Crippen molar-refractivity contribution in [2.75, 3.05) is 6.54 Å². The molecule has 0 amide bonds. The quantitative estimate of drug-likeness (QED) is 0.857. The van der Waals surface area contributed by atoms with E-state index in [9.17, 15) is 0 Å². The third-order valence-electron chi connectivity index (χ3n) is 3.57. The standard InChI is InChI=1S/C18H24N2/c1-4-20-18(6-5-16-7-9-19-10-8-16)17-12-14(2)11-15(3)13-17/h7-13,18,20H,4-6H2,1-3H3. The van der Waals surface area contributed by atoms with Gasteiger partial charge < -0.3 is 5.32 Å². The summed E-state index contributed by atoms with van der Waals surface area (Å²) in [6.45, 7) is 7.50. The number of nitrogens with one attached hydrogen (secondary N) is 1. The van der Waals surface area contributed by atoms with Crippen molar-refractivity contribution in [3.05, 3.63) is 65.0 Å². The molecule has 1 aromatic heterocycles. The van der Waals surface area contributed by atoms with Crippen molar-refractivity contribution in [2.24, 2.45) is 0 Å². The molecular weight excluding hydrogens is 244 g/mol. The average Bonchev–Trinajstić information content (AvgIpc) is 2.43. The van der Waals surface area contributed by atoms with Crippen LogP contribution in [-0.4, -0.2) is 11.5 Å². The minimum Gasteiger partial charge on any atom is -0.310 e. The number of pyridine rings is 1. The normalized spacial score (nSPS) is 12.3. The van der Waals surface area contributed by atoms with Crippen LogP contribution >= 0.6 is 0 Å². The molecule has 20 heavy (non-hydrogen) atoms. The van der Waals surface area contributed by atoms with Gasteiger partial charge in [0.2, 0.25) is 0 Å². The lowest BCUT2D eigenvalue weighted by molar-refractivity contribution is 0.515. The lowest BCUT2D eigenvalue weighted by Gasteiger charge is -2.19. The molecular formula is C18H24N2. The van der Waals surface area contributed by atoms with Crippen LogP contribution in [0.15, 0.2) is 42.7 Å². The van der Waals surface area contributed by atoms with Crippen molar-refractivity contribution in [2.45, 2.75) is 39.7 Å². The lowest BCUT2D eigenvalue weighted by Crippen LogP contribution is -2.21. The van der Waals surface area contributed by atoms with Gasteiger partial charge in [-0.3, -0.25) is 4.98 Å². The topological polar surface area (TPSA) is 24.9 Å². The van der Waals surface area contributed by atoms with Gasteiger partial charge in [-0.15, -0.1) is 0 Å². The molecule has 0 aliphatic heterocycles. The van der Waals surface area contributed by atoms with Crippen LogP contribution < -0.4 is 5.32 Å². The van der Waals surface area contributed by atoms with E-state index < -0.39 is 0 Å². The van der Waals surface area contributed by atoms with Crippen LogP contribution in [0.5, 0.6) is 0 Å². The van der Waals surface area contributed by atoms with Gasteiger partial charge in [0, 0.05) is 18.4 Å². The zero-order valence-electron chi connectivity index (χ0n) is 12.7. The fourth-order valence-electron chi connectivity index (χ4n) is 2.70. The molecule has 0 aliphatic rings. The highest BCUT2D eigenvalue weighted by Crippen LogP contribution is 2.21. The van der Waals surface area contributed by atoms with E-state index in [1.807, 2.05) is 12.4 Å². The van der Waals surface area contributed by atoms with Gasteiger partial charge in [0.05, 0.1) is 0 Å². The van der Waals surface area contributed by atoms with Gasteiger partial charge in [0.1, 0.15) is 0 Å². The van der Waals surface area contributed by atoms with Crippen molar-refractivity contribution < 1.29 is 0 Å². The summed E-state index contributed by atoms with van der Waals surface area (Å²) in [4.78, 5) is 4.07. The van der Waals surface area contributed by atoms with Gasteiger partial charge in [0.25, 0.3) is 0 Å². The molecule has 2 heteroatoms. The van der Waals surface area contributed by atoms with Crippen LogP contribution in [0.2, 0.25) is 0 Å². The molecule has 0 bridgehead atoms. The summed E-state index contributed by atoms with van der Waals surface area (Å²) in [5.41, 5.74) is 5.43. The number of benzene rings is 1. The van der Waals surface area contributed by atoms with Crippen LogP contribution in [0, 0.1) is 13.8 Å². The Bertz CT molecular complexity index is 514. The molecule has 106 valence electrons. The van der Waals surface area contributed by atoms with Crippen LogP contribution in [0.4, 0.5) is 0 Å². The van der Waals surface area contributed by atoms with Gasteiger partial charge in [-0.25, -0.2) is 0 Å². The summed E-state index contributed by atoms with van der Waals surface area (Å²) in [6, 6.07) is 11.5. The smallest absolute Gasteiger partial charge is 0.0323 e. The molecule has 0 aliphatic carbocycles. The number of hydrogen-bond donors (Lipinski definition) is 1. The highest BCUT2D eigenvalue weighted by atomic mass is 14.9. The monoisotopic (exact) mass is 268 g/mol. The minimum absolute atomic E-state index is 0.423. The number of rotatable bonds is 6. The van der Waals surface area contributed by atoms with E-state index >= 15 is 0 Å². The van der Waals surface area contributed by atoms with Gasteiger partial charge in [-0.1, -0.05) is 36.2 Å². The van der Waals surface area contributed by atoms with Crippen molar-refractivity contribution in [1.82, 2.24) is 10.3 Å². The summed E-state index contributed by atoms with van der Waals surface area (Å²) >= 11 is 0. The van der Waals surface area contributed by atoms with Crippen LogP contribution in [0.25, 0.3) is 0 Å². The van der Waals surface area contributed by atoms with Gasteiger partial charge in [0.15, 0.2) is 0 Å². The van der Waals surface area contributed by atoms with E-state index in [0.717, 1.165) is 19.4 Å². The Morgan fingerprint density at radius 3 is 2.30 bits per heavy atom. The molecule has 2 aromatic rings. The Morgan fingerprint density at radius 1 is 1.05 bits per heavy atom. The summed E-state index contributed by atoms with van der Waals surface area (Å²) < 4.78 is 0. The maximum atomic E-state index is 4.07. The summed E-state index contributed by atoms with van der Waals surface area (Å²) in [7, 11) is 0. The van der Waals surface area contributed by atoms with Gasteiger partial charge in [-0.2, -0.15) is 0 Å². The van der Waals surface area contributed by atoms with Gasteiger partial charge >= 0.3 is 0 Å². The molecule has 2 nitrogen and oxygen atoms in total. The zero-order chi connectivity index (χ0) is 14.4. The minimum atomic E-state index is 0.423. The Kier molecular flexibility index (Phi) is 5.31. The van der Waals surface area contributed by atoms with E-state index in [0.29, 0.717) is 6.04 Å². The third kappa shape index (κ3) is 4.17. The number of hydrogen-bond acceptors (Lipinski definition) is 2. The van der Waals surface area contributed by atoms with Crippen molar-refractivity contribution in [1.29, 1.82) is 0 Å². The molecule has 0 saturated carbocycles. The fraction of sp³-hybridized carbons (Fsp3) is 0.389. The molecule has 1 heterocycles. The summed E-state index contributed by atoms with van der Waals surface area (Å²) in [5.74, 6) is 0. The first kappa shape index (κ1) is 14.7. The SMILES string of the molecule is CCNC(CCc1ccncc1)c1cc(C)cc(C)c1. The Hall–Kier alpha value is -1.67. The van der Waals surface area contributed by atoms with Crippen LogP contribution in [0.1, 0.15) is 41.6 Å². The first-order valence-electron chi connectivity index (χ1n) is 7.39. The fourth-order valence-corrected chi connectivity index (χ4v) is 2.70. The Labute approximate surface area is 122 Å². The summed E-state index contributed by atoms with van der Waals surface area (Å²) in [5, 5.41) is 3.61. The van der Waals surface area contributed by atoms with Crippen LogP contribution in [0.3, 0.4) is 0 Å². The van der Waals surface area contributed by atoms with Crippen molar-refractivity contribution >= 4 is 0 Å². The molecule has 1 N–H and O–H groups in total. The third-order valence-corrected chi connectivity index (χ3v) is 3.57. The predicted octanol–water partition coefficient (Wildman–Crippen LogP) is 3.98. The van der Waals surface area contributed by atoms with Crippen molar-refractivity contribution in [3.63, 3.8) is 0 Å². The molecule has 1 unspecified atom stereocenters. The predicted molar refractivity (Wildman–Crippen MR) is 84.9 cm³/mol. The van der Waals surface area contributed by atoms with E-state index in [2.05, 4.69) is 61.4 Å². The summed E-state index contributed by atoms with van der Waals surface area (Å²) in [6.07, 6.45) is 5.93. The van der Waals surface area contributed by atoms with E-state index in [-0.39, 0.29) is 0 Å².